The molecule has 1 aromatic rings. The predicted octanol–water partition coefficient (Wildman–Crippen LogP) is 2.06. The zero-order valence-electron chi connectivity index (χ0n) is 12.7. The Bertz CT molecular complexity index is 523. The average molecular weight is 308 g/mol. The van der Waals surface area contributed by atoms with Crippen LogP contribution in [0.15, 0.2) is 30.3 Å². The molecule has 0 aliphatic rings. The van der Waals surface area contributed by atoms with E-state index in [1.807, 2.05) is 30.3 Å². The second-order valence-electron chi connectivity index (χ2n) is 5.53. The van der Waals surface area contributed by atoms with Crippen LogP contribution in [0.2, 0.25) is 0 Å². The van der Waals surface area contributed by atoms with Gasteiger partial charge >= 0.3 is 5.97 Å². The maximum atomic E-state index is 11.8. The summed E-state index contributed by atoms with van der Waals surface area (Å²) in [4.78, 5) is 23.8. The molecule has 0 saturated heterocycles. The van der Waals surface area contributed by atoms with Gasteiger partial charge in [0.2, 0.25) is 5.91 Å². The number of carbonyl (C=O) groups excluding carboxylic acids is 2. The average Bonchev–Trinajstić information content (AvgIpc) is 2.36. The number of benzene rings is 1. The zero-order chi connectivity index (χ0) is 16.0. The highest BCUT2D eigenvalue weighted by molar-refractivity contribution is 7.80. The lowest BCUT2D eigenvalue weighted by atomic mass is 10.2. The van der Waals surface area contributed by atoms with Crippen molar-refractivity contribution < 1.29 is 14.3 Å². The molecular formula is C15H20N2O3S. The first kappa shape index (κ1) is 17.1. The van der Waals surface area contributed by atoms with Crippen molar-refractivity contribution in [2.45, 2.75) is 32.8 Å². The lowest BCUT2D eigenvalue weighted by molar-refractivity contribution is -0.156. The minimum atomic E-state index is -0.609. The van der Waals surface area contributed by atoms with Gasteiger partial charge in [0.25, 0.3) is 0 Å². The van der Waals surface area contributed by atoms with E-state index in [0.29, 0.717) is 4.99 Å². The summed E-state index contributed by atoms with van der Waals surface area (Å²) in [6.45, 7) is 5.25. The molecule has 0 aromatic heterocycles. The van der Waals surface area contributed by atoms with Crippen molar-refractivity contribution in [2.24, 2.45) is 0 Å². The predicted molar refractivity (Wildman–Crippen MR) is 84.5 cm³/mol. The molecule has 5 nitrogen and oxygen atoms in total. The Kier molecular flexibility index (Phi) is 5.84. The van der Waals surface area contributed by atoms with Crippen LogP contribution >= 0.6 is 12.2 Å². The fourth-order valence-electron chi connectivity index (χ4n) is 1.56. The van der Waals surface area contributed by atoms with Crippen molar-refractivity contribution in [3.8, 4) is 0 Å². The van der Waals surface area contributed by atoms with Crippen LogP contribution < -0.4 is 5.43 Å². The van der Waals surface area contributed by atoms with Crippen LogP contribution in [-0.2, 0) is 14.3 Å². The molecule has 1 N–H and O–H groups in total. The summed E-state index contributed by atoms with van der Waals surface area (Å²) in [5.41, 5.74) is 2.75. The molecular weight excluding hydrogens is 288 g/mol. The van der Waals surface area contributed by atoms with Crippen LogP contribution in [0.3, 0.4) is 0 Å². The molecule has 0 aliphatic heterocycles. The number of ether oxygens (including phenoxy) is 1. The highest BCUT2D eigenvalue weighted by Gasteiger charge is 2.20. The largest absolute Gasteiger partial charge is 0.460 e. The molecule has 0 fully saturated rings. The zero-order valence-corrected chi connectivity index (χ0v) is 13.5. The standard InChI is InChI=1S/C15H20N2O3S/c1-15(2,3)20-13(19)10-12(18)16-17(4)14(21)11-8-6-5-7-9-11/h5-9H,10H2,1-4H3,(H,16,18). The quantitative estimate of drug-likeness (QED) is 0.401. The van der Waals surface area contributed by atoms with Crippen molar-refractivity contribution >= 4 is 29.1 Å². The van der Waals surface area contributed by atoms with Crippen LogP contribution in [0.1, 0.15) is 32.8 Å². The van der Waals surface area contributed by atoms with E-state index in [4.69, 9.17) is 17.0 Å². The molecule has 114 valence electrons. The molecule has 0 radical (unpaired) electrons. The number of thiocarbonyl (C=S) groups is 1. The van der Waals surface area contributed by atoms with Gasteiger partial charge in [-0.3, -0.25) is 20.0 Å². The van der Waals surface area contributed by atoms with Crippen molar-refractivity contribution in [2.75, 3.05) is 7.05 Å². The second kappa shape index (κ2) is 7.17. The van der Waals surface area contributed by atoms with E-state index in [1.54, 1.807) is 27.8 Å². The van der Waals surface area contributed by atoms with Crippen LogP contribution in [0.5, 0.6) is 0 Å². The maximum absolute atomic E-state index is 11.8. The van der Waals surface area contributed by atoms with Gasteiger partial charge in [0, 0.05) is 12.6 Å². The van der Waals surface area contributed by atoms with E-state index in [-0.39, 0.29) is 6.42 Å². The van der Waals surface area contributed by atoms with Crippen LogP contribution in [0.4, 0.5) is 0 Å². The molecule has 0 spiro atoms. The van der Waals surface area contributed by atoms with E-state index in [2.05, 4.69) is 5.43 Å². The number of hydrazine groups is 1. The number of esters is 1. The minimum absolute atomic E-state index is 0.348. The number of carbonyl (C=O) groups is 2. The molecule has 1 rings (SSSR count). The summed E-state index contributed by atoms with van der Waals surface area (Å²) >= 11 is 5.26. The topological polar surface area (TPSA) is 58.6 Å². The number of rotatable bonds is 3. The first-order valence-electron chi connectivity index (χ1n) is 6.53. The SMILES string of the molecule is CN(NC(=O)CC(=O)OC(C)(C)C)C(=S)c1ccccc1. The molecule has 1 amide bonds. The third-order valence-electron chi connectivity index (χ3n) is 2.34. The smallest absolute Gasteiger partial charge is 0.315 e. The molecule has 0 heterocycles. The van der Waals surface area contributed by atoms with E-state index in [0.717, 1.165) is 5.56 Å². The third-order valence-corrected chi connectivity index (χ3v) is 2.85. The van der Waals surface area contributed by atoms with Gasteiger partial charge in [-0.1, -0.05) is 42.5 Å². The summed E-state index contributed by atoms with van der Waals surface area (Å²) < 4.78 is 5.08. The Labute approximate surface area is 130 Å². The van der Waals surface area contributed by atoms with Crippen LogP contribution in [-0.4, -0.2) is 34.5 Å². The Morgan fingerprint density at radius 2 is 1.81 bits per heavy atom. The minimum Gasteiger partial charge on any atom is -0.460 e. The van der Waals surface area contributed by atoms with Crippen LogP contribution in [0.25, 0.3) is 0 Å². The third kappa shape index (κ3) is 6.35. The maximum Gasteiger partial charge on any atom is 0.315 e. The number of hydrogen-bond acceptors (Lipinski definition) is 4. The van der Waals surface area contributed by atoms with E-state index < -0.39 is 17.5 Å². The summed E-state index contributed by atoms with van der Waals surface area (Å²) in [7, 11) is 1.63. The van der Waals surface area contributed by atoms with Gasteiger partial charge in [-0.25, -0.2) is 0 Å². The monoisotopic (exact) mass is 308 g/mol. The van der Waals surface area contributed by atoms with Crippen molar-refractivity contribution in [3.05, 3.63) is 35.9 Å². The number of nitrogens with one attached hydrogen (secondary N) is 1. The van der Waals surface area contributed by atoms with Gasteiger partial charge in [0.05, 0.1) is 0 Å². The molecule has 0 bridgehead atoms. The normalized spacial score (nSPS) is 10.7. The molecule has 0 aliphatic carbocycles. The van der Waals surface area contributed by atoms with Gasteiger partial charge < -0.3 is 4.74 Å². The van der Waals surface area contributed by atoms with Crippen molar-refractivity contribution in [3.63, 3.8) is 0 Å². The van der Waals surface area contributed by atoms with Crippen LogP contribution in [0, 0.1) is 0 Å². The molecule has 0 unspecified atom stereocenters. The highest BCUT2D eigenvalue weighted by Crippen LogP contribution is 2.08. The Hall–Kier alpha value is -1.95. The van der Waals surface area contributed by atoms with Gasteiger partial charge in [-0.15, -0.1) is 0 Å². The first-order chi connectivity index (χ1) is 9.69. The van der Waals surface area contributed by atoms with Crippen molar-refractivity contribution in [1.82, 2.24) is 10.4 Å². The molecule has 1 aromatic carbocycles. The highest BCUT2D eigenvalue weighted by atomic mass is 32.1. The number of amides is 1. The van der Waals surface area contributed by atoms with Gasteiger partial charge in [-0.2, -0.15) is 0 Å². The molecule has 0 saturated carbocycles. The van der Waals surface area contributed by atoms with E-state index in [9.17, 15) is 9.59 Å². The van der Waals surface area contributed by atoms with Gasteiger partial charge in [0.15, 0.2) is 0 Å². The fourth-order valence-corrected chi connectivity index (χ4v) is 1.74. The molecule has 21 heavy (non-hydrogen) atoms. The summed E-state index contributed by atoms with van der Waals surface area (Å²) in [5, 5.41) is 1.41. The lowest BCUT2D eigenvalue weighted by Gasteiger charge is -2.22. The summed E-state index contributed by atoms with van der Waals surface area (Å²) in [5.74, 6) is -1.04. The number of hydrogen-bond donors (Lipinski definition) is 1. The number of nitrogens with zero attached hydrogens (tertiary/aromatic N) is 1. The second-order valence-corrected chi connectivity index (χ2v) is 5.92. The molecule has 0 atom stereocenters. The van der Waals surface area contributed by atoms with E-state index >= 15 is 0 Å². The molecule has 6 heteroatoms. The Morgan fingerprint density at radius 1 is 1.24 bits per heavy atom. The lowest BCUT2D eigenvalue weighted by Crippen LogP contribution is -2.44. The Morgan fingerprint density at radius 3 is 2.33 bits per heavy atom. The van der Waals surface area contributed by atoms with Gasteiger partial charge in [-0.05, 0) is 20.8 Å². The summed E-state index contributed by atoms with van der Waals surface area (Å²) in [6.07, 6.45) is -0.348. The van der Waals surface area contributed by atoms with E-state index in [1.165, 1.54) is 5.01 Å². The first-order valence-corrected chi connectivity index (χ1v) is 6.94. The fraction of sp³-hybridized carbons (Fsp3) is 0.400. The van der Waals surface area contributed by atoms with Gasteiger partial charge in [0.1, 0.15) is 17.0 Å². The summed E-state index contributed by atoms with van der Waals surface area (Å²) in [6, 6.07) is 9.29. The Balaban J connectivity index is 2.51. The van der Waals surface area contributed by atoms with Crippen molar-refractivity contribution in [1.29, 1.82) is 0 Å².